The first-order chi connectivity index (χ1) is 9.76. The molecule has 21 heavy (non-hydrogen) atoms. The SMILES string of the molecule is CCCNCc1cc(S(=O)(=O)NC(C)CC(C)C)c(C)o1. The maximum absolute atomic E-state index is 12.4. The molecule has 0 aliphatic carbocycles. The second-order valence-electron chi connectivity index (χ2n) is 5.96. The summed E-state index contributed by atoms with van der Waals surface area (Å²) >= 11 is 0. The van der Waals surface area contributed by atoms with Gasteiger partial charge in [-0.15, -0.1) is 0 Å². The molecule has 0 aliphatic rings. The molecule has 0 aliphatic heterocycles. The van der Waals surface area contributed by atoms with Gasteiger partial charge in [0.1, 0.15) is 16.4 Å². The molecule has 5 nitrogen and oxygen atoms in total. The molecule has 0 radical (unpaired) electrons. The minimum atomic E-state index is -3.52. The first kappa shape index (κ1) is 18.2. The molecule has 0 saturated carbocycles. The fourth-order valence-electron chi connectivity index (χ4n) is 2.35. The molecule has 0 aromatic carbocycles. The van der Waals surface area contributed by atoms with Crippen molar-refractivity contribution in [3.63, 3.8) is 0 Å². The van der Waals surface area contributed by atoms with Crippen LogP contribution in [0, 0.1) is 12.8 Å². The average molecular weight is 316 g/mol. The minimum Gasteiger partial charge on any atom is -0.464 e. The van der Waals surface area contributed by atoms with Crippen LogP contribution in [0.1, 0.15) is 52.1 Å². The Balaban J connectivity index is 2.78. The number of hydrogen-bond acceptors (Lipinski definition) is 4. The van der Waals surface area contributed by atoms with Gasteiger partial charge < -0.3 is 9.73 Å². The predicted molar refractivity (Wildman–Crippen MR) is 84.7 cm³/mol. The van der Waals surface area contributed by atoms with Crippen molar-refractivity contribution in [1.29, 1.82) is 0 Å². The first-order valence-corrected chi connectivity index (χ1v) is 9.07. The first-order valence-electron chi connectivity index (χ1n) is 7.58. The van der Waals surface area contributed by atoms with E-state index in [1.807, 2.05) is 6.92 Å². The average Bonchev–Trinajstić information content (AvgIpc) is 2.69. The van der Waals surface area contributed by atoms with E-state index in [1.165, 1.54) is 0 Å². The van der Waals surface area contributed by atoms with Crippen LogP contribution < -0.4 is 10.0 Å². The lowest BCUT2D eigenvalue weighted by molar-refractivity contribution is 0.455. The van der Waals surface area contributed by atoms with Crippen molar-refractivity contribution in [3.05, 3.63) is 17.6 Å². The summed E-state index contributed by atoms with van der Waals surface area (Å²) in [6, 6.07) is 1.52. The molecular weight excluding hydrogens is 288 g/mol. The maximum Gasteiger partial charge on any atom is 0.244 e. The number of rotatable bonds is 9. The number of nitrogens with one attached hydrogen (secondary N) is 2. The summed E-state index contributed by atoms with van der Waals surface area (Å²) in [4.78, 5) is 0.242. The molecule has 1 rings (SSSR count). The Labute approximate surface area is 128 Å². The van der Waals surface area contributed by atoms with Crippen molar-refractivity contribution in [1.82, 2.24) is 10.0 Å². The van der Waals surface area contributed by atoms with E-state index in [1.54, 1.807) is 13.0 Å². The highest BCUT2D eigenvalue weighted by Crippen LogP contribution is 2.20. The quantitative estimate of drug-likeness (QED) is 0.687. The predicted octanol–water partition coefficient (Wildman–Crippen LogP) is 2.80. The Morgan fingerprint density at radius 2 is 1.95 bits per heavy atom. The lowest BCUT2D eigenvalue weighted by Crippen LogP contribution is -2.33. The maximum atomic E-state index is 12.4. The lowest BCUT2D eigenvalue weighted by atomic mass is 10.1. The molecule has 1 unspecified atom stereocenters. The highest BCUT2D eigenvalue weighted by Gasteiger charge is 2.23. The minimum absolute atomic E-state index is 0.0917. The van der Waals surface area contributed by atoms with E-state index in [2.05, 4.69) is 30.8 Å². The van der Waals surface area contributed by atoms with Crippen molar-refractivity contribution in [3.8, 4) is 0 Å². The second-order valence-corrected chi connectivity index (χ2v) is 7.64. The van der Waals surface area contributed by atoms with Gasteiger partial charge in [-0.3, -0.25) is 0 Å². The van der Waals surface area contributed by atoms with Gasteiger partial charge in [0, 0.05) is 12.1 Å². The van der Waals surface area contributed by atoms with Gasteiger partial charge in [-0.1, -0.05) is 20.8 Å². The second kappa shape index (κ2) is 7.96. The summed E-state index contributed by atoms with van der Waals surface area (Å²) in [7, 11) is -3.52. The molecular formula is C15H28N2O3S. The standard InChI is InChI=1S/C15H28N2O3S/c1-6-7-16-10-14-9-15(13(5)20-14)21(18,19)17-12(4)8-11(2)3/h9,11-12,16-17H,6-8,10H2,1-5H3. The van der Waals surface area contributed by atoms with Gasteiger partial charge >= 0.3 is 0 Å². The molecule has 1 aromatic heterocycles. The van der Waals surface area contributed by atoms with Crippen molar-refractivity contribution < 1.29 is 12.8 Å². The molecule has 1 aromatic rings. The van der Waals surface area contributed by atoms with Crippen molar-refractivity contribution in [2.45, 2.75) is 64.9 Å². The Kier molecular flexibility index (Phi) is 6.90. The van der Waals surface area contributed by atoms with E-state index in [9.17, 15) is 8.42 Å². The molecule has 122 valence electrons. The molecule has 0 saturated heterocycles. The smallest absolute Gasteiger partial charge is 0.244 e. The van der Waals surface area contributed by atoms with Gasteiger partial charge in [0.2, 0.25) is 10.0 Å². The molecule has 0 fully saturated rings. The third-order valence-corrected chi connectivity index (χ3v) is 4.82. The van der Waals surface area contributed by atoms with E-state index in [4.69, 9.17) is 4.42 Å². The zero-order valence-corrected chi connectivity index (χ0v) is 14.5. The fourth-order valence-corrected chi connectivity index (χ4v) is 3.81. The zero-order valence-electron chi connectivity index (χ0n) is 13.7. The summed E-state index contributed by atoms with van der Waals surface area (Å²) in [6.07, 6.45) is 1.83. The molecule has 0 amide bonds. The van der Waals surface area contributed by atoms with Crippen LogP contribution in [0.3, 0.4) is 0 Å². The molecule has 1 heterocycles. The van der Waals surface area contributed by atoms with Crippen LogP contribution in [0.15, 0.2) is 15.4 Å². The van der Waals surface area contributed by atoms with E-state index in [0.29, 0.717) is 24.0 Å². The van der Waals surface area contributed by atoms with Gasteiger partial charge in [0.05, 0.1) is 6.54 Å². The van der Waals surface area contributed by atoms with Crippen molar-refractivity contribution in [2.24, 2.45) is 5.92 Å². The number of aryl methyl sites for hydroxylation is 1. The third kappa shape index (κ3) is 5.80. The van der Waals surface area contributed by atoms with Crippen LogP contribution in [-0.4, -0.2) is 21.0 Å². The normalized spacial score (nSPS) is 13.8. The summed E-state index contributed by atoms with van der Waals surface area (Å²) in [5.41, 5.74) is 0. The highest BCUT2D eigenvalue weighted by molar-refractivity contribution is 7.89. The van der Waals surface area contributed by atoms with E-state index in [0.717, 1.165) is 19.4 Å². The van der Waals surface area contributed by atoms with Crippen LogP contribution in [0.25, 0.3) is 0 Å². The van der Waals surface area contributed by atoms with Crippen LogP contribution in [-0.2, 0) is 16.6 Å². The number of furan rings is 1. The molecule has 0 bridgehead atoms. The largest absolute Gasteiger partial charge is 0.464 e. The van der Waals surface area contributed by atoms with E-state index < -0.39 is 10.0 Å². The Bertz CT molecular complexity index is 535. The fraction of sp³-hybridized carbons (Fsp3) is 0.733. The summed E-state index contributed by atoms with van der Waals surface area (Å²) in [5, 5.41) is 3.20. The topological polar surface area (TPSA) is 71.3 Å². The van der Waals surface area contributed by atoms with E-state index in [-0.39, 0.29) is 10.9 Å². The Hall–Kier alpha value is -0.850. The summed E-state index contributed by atoms with van der Waals surface area (Å²) < 4.78 is 33.0. The Morgan fingerprint density at radius 1 is 1.29 bits per heavy atom. The lowest BCUT2D eigenvalue weighted by Gasteiger charge is -2.15. The monoisotopic (exact) mass is 316 g/mol. The van der Waals surface area contributed by atoms with Crippen LogP contribution in [0.4, 0.5) is 0 Å². The highest BCUT2D eigenvalue weighted by atomic mass is 32.2. The van der Waals surface area contributed by atoms with Crippen LogP contribution in [0.2, 0.25) is 0 Å². The summed E-state index contributed by atoms with van der Waals surface area (Å²) in [5.74, 6) is 1.53. The van der Waals surface area contributed by atoms with Crippen LogP contribution >= 0.6 is 0 Å². The van der Waals surface area contributed by atoms with Gasteiger partial charge in [-0.25, -0.2) is 13.1 Å². The van der Waals surface area contributed by atoms with Crippen molar-refractivity contribution >= 4 is 10.0 Å². The summed E-state index contributed by atoms with van der Waals surface area (Å²) in [6.45, 7) is 11.2. The van der Waals surface area contributed by atoms with Crippen molar-refractivity contribution in [2.75, 3.05) is 6.54 Å². The number of hydrogen-bond donors (Lipinski definition) is 2. The van der Waals surface area contributed by atoms with Gasteiger partial charge in [-0.05, 0) is 39.2 Å². The van der Waals surface area contributed by atoms with Crippen LogP contribution in [0.5, 0.6) is 0 Å². The van der Waals surface area contributed by atoms with Gasteiger partial charge in [-0.2, -0.15) is 0 Å². The van der Waals surface area contributed by atoms with E-state index >= 15 is 0 Å². The van der Waals surface area contributed by atoms with Gasteiger partial charge in [0.15, 0.2) is 0 Å². The zero-order chi connectivity index (χ0) is 16.0. The molecule has 6 heteroatoms. The molecule has 1 atom stereocenters. The number of sulfonamides is 1. The third-order valence-electron chi connectivity index (χ3n) is 3.12. The molecule has 2 N–H and O–H groups in total. The molecule has 0 spiro atoms. The van der Waals surface area contributed by atoms with Gasteiger partial charge in [0.25, 0.3) is 0 Å². The Morgan fingerprint density at radius 3 is 2.52 bits per heavy atom.